The van der Waals surface area contributed by atoms with Gasteiger partial charge in [-0.1, -0.05) is 0 Å². The van der Waals surface area contributed by atoms with E-state index in [0.29, 0.717) is 0 Å². The topological polar surface area (TPSA) is 0 Å². The molecule has 43 valence electrons. The summed E-state index contributed by atoms with van der Waals surface area (Å²) in [5.41, 5.74) is 0. The van der Waals surface area contributed by atoms with Crippen LogP contribution in [0, 0.1) is 0 Å². The fourth-order valence-electron chi connectivity index (χ4n) is 0. The zero-order valence-electron chi connectivity index (χ0n) is 3.27. The molecule has 0 nitrogen and oxygen atoms in total. The Morgan fingerprint density at radius 2 is 0.571 bits per heavy atom. The van der Waals surface area contributed by atoms with Crippen LogP contribution in [0.5, 0.6) is 0 Å². The predicted molar refractivity (Wildman–Crippen MR) is 40.9 cm³/mol. The van der Waals surface area contributed by atoms with Crippen molar-refractivity contribution in [3.63, 3.8) is 0 Å². The van der Waals surface area contributed by atoms with Crippen LogP contribution in [0.2, 0.25) is 0 Å². The van der Waals surface area contributed by atoms with Crippen molar-refractivity contribution in [1.82, 2.24) is 0 Å². The number of hydrogen-bond donors (Lipinski definition) is 0. The zero-order valence-corrected chi connectivity index (χ0v) is 9.80. The van der Waals surface area contributed by atoms with E-state index in [1.165, 1.54) is 0 Å². The first-order valence-electron chi connectivity index (χ1n) is 2.27. The van der Waals surface area contributed by atoms with Gasteiger partial charge < -0.3 is 0 Å². The van der Waals surface area contributed by atoms with Crippen molar-refractivity contribution in [3.8, 4) is 0 Å². The minimum absolute atomic E-state index is 5.08. The Balaban J connectivity index is 4.43. The summed E-state index contributed by atoms with van der Waals surface area (Å²) in [6, 6.07) is 0. The molecule has 0 aromatic rings. The standard InChI is InChI=1S/6ClH.Na/h6*1H;/q;;;;;;+6/p-6. The third kappa shape index (κ3) is 52.9. The molecule has 0 aliphatic rings. The first kappa shape index (κ1) is 9.74. The predicted octanol–water partition coefficient (Wildman–Crippen LogP) is 3.76. The summed E-state index contributed by atoms with van der Waals surface area (Å²) in [6.45, 7) is 0. The van der Waals surface area contributed by atoms with Gasteiger partial charge >= 0.3 is 59.5 Å². The maximum absolute atomic E-state index is 5.56. The van der Waals surface area contributed by atoms with Crippen molar-refractivity contribution in [2.75, 3.05) is 0 Å². The van der Waals surface area contributed by atoms with Gasteiger partial charge in [-0.25, -0.2) is 0 Å². The summed E-state index contributed by atoms with van der Waals surface area (Å²) in [6.07, 6.45) is 0. The van der Waals surface area contributed by atoms with Gasteiger partial charge in [0.2, 0.25) is 0 Å². The van der Waals surface area contributed by atoms with Crippen LogP contribution < -0.4 is 0 Å². The molecule has 0 aromatic carbocycles. The van der Waals surface area contributed by atoms with Crippen molar-refractivity contribution in [2.45, 2.75) is 0 Å². The van der Waals surface area contributed by atoms with Crippen molar-refractivity contribution in [1.29, 1.82) is 0 Å². The summed E-state index contributed by atoms with van der Waals surface area (Å²) in [5.74, 6) is 0. The van der Waals surface area contributed by atoms with E-state index in [4.69, 9.17) is 47.4 Å². The molecule has 0 aliphatic carbocycles. The third-order valence-electron chi connectivity index (χ3n) is 0. The molecule has 0 rings (SSSR count). The van der Waals surface area contributed by atoms with E-state index in [1.54, 1.807) is 0 Å². The van der Waals surface area contributed by atoms with E-state index in [1.807, 2.05) is 0 Å². The Hall–Kier alpha value is 2.74. The van der Waals surface area contributed by atoms with Crippen LogP contribution >= 0.6 is 47.4 Å². The molecule has 7 heavy (non-hydrogen) atoms. The van der Waals surface area contributed by atoms with Crippen molar-refractivity contribution in [3.05, 3.63) is 0 Å². The molecule has 0 spiro atoms. The van der Waals surface area contributed by atoms with E-state index in [9.17, 15) is 0 Å². The summed E-state index contributed by atoms with van der Waals surface area (Å²) in [5, 5.41) is 0. The molecule has 0 amide bonds. The monoisotopic (exact) mass is 233 g/mol. The fourth-order valence-corrected chi connectivity index (χ4v) is 0. The van der Waals surface area contributed by atoms with Crippen LogP contribution in [0.1, 0.15) is 0 Å². The molecule has 0 bridgehead atoms. The summed E-state index contributed by atoms with van der Waals surface area (Å²) >= 11 is -5.56. The van der Waals surface area contributed by atoms with Gasteiger partial charge in [0.05, 0.1) is 0 Å². The van der Waals surface area contributed by atoms with Gasteiger partial charge in [-0.2, -0.15) is 0 Å². The van der Waals surface area contributed by atoms with E-state index < -0.39 is 12.1 Å². The van der Waals surface area contributed by atoms with Gasteiger partial charge in [0.1, 0.15) is 0 Å². The Kier molecular flexibility index (Phi) is 2.31. The molecular weight excluding hydrogens is 236 g/mol. The van der Waals surface area contributed by atoms with Gasteiger partial charge in [0.25, 0.3) is 0 Å². The quantitative estimate of drug-likeness (QED) is 0.561. The average molecular weight is 236 g/mol. The average Bonchev–Trinajstić information content (AvgIpc) is 0.592. The van der Waals surface area contributed by atoms with Crippen LogP contribution in [0.15, 0.2) is 0 Å². The molecule has 0 aliphatic heterocycles. The van der Waals surface area contributed by atoms with Crippen LogP contribution in [0.4, 0.5) is 0 Å². The molecule has 0 saturated heterocycles. The number of hydrogen-bond acceptors (Lipinski definition) is 0. The van der Waals surface area contributed by atoms with Crippen LogP contribution in [-0.2, 0) is 0 Å². The van der Waals surface area contributed by atoms with Gasteiger partial charge in [0.15, 0.2) is 0 Å². The zero-order chi connectivity index (χ0) is 6.41. The summed E-state index contributed by atoms with van der Waals surface area (Å²) < 4.78 is 0. The van der Waals surface area contributed by atoms with Gasteiger partial charge in [-0.05, 0) is 0 Å². The van der Waals surface area contributed by atoms with E-state index in [0.717, 1.165) is 0 Å². The maximum atomic E-state index is 5.08. The van der Waals surface area contributed by atoms with Gasteiger partial charge in [-0.3, -0.25) is 0 Å². The molecule has 0 fully saturated rings. The fraction of sp³-hybridized carbons (Fsp3) is 0. The van der Waals surface area contributed by atoms with Crippen molar-refractivity contribution < 1.29 is 0 Å². The van der Waals surface area contributed by atoms with Crippen LogP contribution in [-0.4, -0.2) is 12.1 Å². The van der Waals surface area contributed by atoms with Gasteiger partial charge in [0, 0.05) is 0 Å². The molecule has 0 heterocycles. The van der Waals surface area contributed by atoms with E-state index >= 15 is 0 Å². The second-order valence-corrected chi connectivity index (χ2v) is 57.9. The Morgan fingerprint density at radius 1 is 0.571 bits per heavy atom. The van der Waals surface area contributed by atoms with E-state index in [2.05, 4.69) is 0 Å². The molecule has 7 heteroatoms. The molecule has 0 aromatic heterocycles. The molecule has 0 unspecified atom stereocenters. The Morgan fingerprint density at radius 3 is 0.571 bits per heavy atom. The molecule has 1 radical (unpaired) electrons. The molecule has 0 atom stereocenters. The first-order valence-corrected chi connectivity index (χ1v) is 20.4. The second-order valence-electron chi connectivity index (χ2n) is 2.14. The summed E-state index contributed by atoms with van der Waals surface area (Å²) in [4.78, 5) is 0. The van der Waals surface area contributed by atoms with Crippen molar-refractivity contribution in [2.24, 2.45) is 0 Å². The SMILES string of the molecule is [Cl][Na]([Cl])([Cl])([Cl])([Cl])[Cl]. The summed E-state index contributed by atoms with van der Waals surface area (Å²) in [7, 11) is 30.5. The first-order chi connectivity index (χ1) is 2.45. The third-order valence-corrected chi connectivity index (χ3v) is 0. The normalized spacial score (nSPS) is 18.0. The van der Waals surface area contributed by atoms with E-state index in [-0.39, 0.29) is 0 Å². The number of rotatable bonds is 0. The minimum atomic E-state index is -5.56. The van der Waals surface area contributed by atoms with Crippen LogP contribution in [0.3, 0.4) is 0 Å². The van der Waals surface area contributed by atoms with Gasteiger partial charge in [-0.15, -0.1) is 0 Å². The van der Waals surface area contributed by atoms with Crippen LogP contribution in [0.25, 0.3) is 0 Å². The Bertz CT molecular complexity index is 62.7. The van der Waals surface area contributed by atoms with Crippen molar-refractivity contribution >= 4 is 59.5 Å². The molecule has 0 N–H and O–H groups in total. The molecule has 0 saturated carbocycles. The Labute approximate surface area is 58.2 Å². The molecular formula is Cl6Na. The second kappa shape index (κ2) is 1.66. The number of halogens is 6.